The van der Waals surface area contributed by atoms with Crippen molar-refractivity contribution in [3.05, 3.63) is 29.3 Å². The molecule has 0 bridgehead atoms. The van der Waals surface area contributed by atoms with E-state index in [2.05, 4.69) is 31.0 Å². The maximum atomic E-state index is 11.2. The van der Waals surface area contributed by atoms with Crippen molar-refractivity contribution in [2.24, 2.45) is 17.3 Å². The number of aliphatic hydroxyl groups excluding tert-OH is 1. The van der Waals surface area contributed by atoms with Gasteiger partial charge in [0, 0.05) is 5.41 Å². The number of hydrogen-bond donors (Lipinski definition) is 2. The first kappa shape index (κ1) is 18.5. The Morgan fingerprint density at radius 2 is 1.93 bits per heavy atom. The highest BCUT2D eigenvalue weighted by atomic mass is 16.5. The van der Waals surface area contributed by atoms with Crippen molar-refractivity contribution >= 4 is 0 Å². The third-order valence-electron chi connectivity index (χ3n) is 8.72. The van der Waals surface area contributed by atoms with Crippen molar-refractivity contribution in [2.45, 2.75) is 88.4 Å². The normalized spacial score (nSPS) is 42.4. The van der Waals surface area contributed by atoms with Gasteiger partial charge in [0.15, 0.2) is 0 Å². The summed E-state index contributed by atoms with van der Waals surface area (Å²) in [4.78, 5) is 0. The molecule has 0 aromatic heterocycles. The SMILES string of the molecule is C#C[C@]1(O)CC[C@H]2[C@@H]3[C@H](O)Cc4cc(OC5CCCC5)ccc4[C@H]3CC[C@@]21C. The van der Waals surface area contributed by atoms with Gasteiger partial charge in [0.05, 0.1) is 12.2 Å². The van der Waals surface area contributed by atoms with Gasteiger partial charge in [-0.1, -0.05) is 18.9 Å². The molecule has 0 heterocycles. The number of ether oxygens (including phenoxy) is 1. The Morgan fingerprint density at radius 3 is 2.68 bits per heavy atom. The highest BCUT2D eigenvalue weighted by Crippen LogP contribution is 2.64. The molecule has 4 aliphatic carbocycles. The number of hydrogen-bond acceptors (Lipinski definition) is 3. The molecule has 2 N–H and O–H groups in total. The van der Waals surface area contributed by atoms with Gasteiger partial charge in [0.25, 0.3) is 0 Å². The first-order chi connectivity index (χ1) is 13.4. The Labute approximate surface area is 168 Å². The smallest absolute Gasteiger partial charge is 0.130 e. The van der Waals surface area contributed by atoms with Crippen LogP contribution in [0.2, 0.25) is 0 Å². The lowest BCUT2D eigenvalue weighted by Gasteiger charge is -2.53. The molecule has 4 aliphatic rings. The molecule has 1 aromatic rings. The van der Waals surface area contributed by atoms with Crippen LogP contribution in [-0.2, 0) is 6.42 Å². The molecule has 0 aliphatic heterocycles. The lowest BCUT2D eigenvalue weighted by Crippen LogP contribution is -2.53. The van der Waals surface area contributed by atoms with Crippen molar-refractivity contribution in [1.29, 1.82) is 0 Å². The Hall–Kier alpha value is -1.50. The summed E-state index contributed by atoms with van der Waals surface area (Å²) in [6.07, 6.45) is 14.7. The zero-order chi connectivity index (χ0) is 19.5. The number of benzene rings is 1. The largest absolute Gasteiger partial charge is 0.490 e. The predicted molar refractivity (Wildman–Crippen MR) is 109 cm³/mol. The molecule has 0 spiro atoms. The Morgan fingerprint density at radius 1 is 1.14 bits per heavy atom. The third-order valence-corrected chi connectivity index (χ3v) is 8.72. The van der Waals surface area contributed by atoms with Gasteiger partial charge in [0.1, 0.15) is 11.4 Å². The van der Waals surface area contributed by atoms with Gasteiger partial charge in [-0.15, -0.1) is 6.42 Å². The van der Waals surface area contributed by atoms with Gasteiger partial charge >= 0.3 is 0 Å². The van der Waals surface area contributed by atoms with Gasteiger partial charge in [-0.25, -0.2) is 0 Å². The second-order valence-corrected chi connectivity index (χ2v) is 9.95. The molecule has 3 nitrogen and oxygen atoms in total. The minimum atomic E-state index is -1.03. The minimum absolute atomic E-state index is 0.190. The van der Waals surface area contributed by atoms with Crippen LogP contribution in [0, 0.1) is 29.6 Å². The molecule has 5 rings (SSSR count). The van der Waals surface area contributed by atoms with Crippen LogP contribution >= 0.6 is 0 Å². The summed E-state index contributed by atoms with van der Waals surface area (Å²) in [5.74, 6) is 4.50. The first-order valence-electron chi connectivity index (χ1n) is 11.1. The summed E-state index contributed by atoms with van der Waals surface area (Å²) in [6, 6.07) is 6.55. The molecule has 3 fully saturated rings. The van der Waals surface area contributed by atoms with Crippen LogP contribution in [0.3, 0.4) is 0 Å². The molecule has 6 atom stereocenters. The van der Waals surface area contributed by atoms with Crippen molar-refractivity contribution in [3.63, 3.8) is 0 Å². The first-order valence-corrected chi connectivity index (χ1v) is 11.1. The van der Waals surface area contributed by atoms with E-state index in [0.717, 1.165) is 37.9 Å². The molecule has 150 valence electrons. The monoisotopic (exact) mass is 380 g/mol. The Bertz CT molecular complexity index is 805. The highest BCUT2D eigenvalue weighted by Gasteiger charge is 2.62. The molecule has 0 radical (unpaired) electrons. The van der Waals surface area contributed by atoms with Crippen molar-refractivity contribution < 1.29 is 14.9 Å². The average Bonchev–Trinajstić information content (AvgIpc) is 3.28. The summed E-state index contributed by atoms with van der Waals surface area (Å²) in [7, 11) is 0. The summed E-state index contributed by atoms with van der Waals surface area (Å²) in [6.45, 7) is 2.15. The topological polar surface area (TPSA) is 49.7 Å². The van der Waals surface area contributed by atoms with E-state index in [9.17, 15) is 10.2 Å². The van der Waals surface area contributed by atoms with Gasteiger partial charge in [-0.2, -0.15) is 0 Å². The number of rotatable bonds is 2. The van der Waals surface area contributed by atoms with E-state index in [1.54, 1.807) is 0 Å². The van der Waals surface area contributed by atoms with Gasteiger partial charge in [-0.05, 0) is 98.8 Å². The predicted octanol–water partition coefficient (Wildman–Crippen LogP) is 4.20. The zero-order valence-corrected chi connectivity index (χ0v) is 16.9. The Kier molecular flexibility index (Phi) is 4.30. The van der Waals surface area contributed by atoms with Crippen molar-refractivity contribution in [2.75, 3.05) is 0 Å². The molecule has 28 heavy (non-hydrogen) atoms. The van der Waals surface area contributed by atoms with Crippen LogP contribution in [0.1, 0.15) is 75.3 Å². The average molecular weight is 381 g/mol. The van der Waals surface area contributed by atoms with Crippen LogP contribution in [0.25, 0.3) is 0 Å². The molecule has 0 saturated heterocycles. The molecule has 0 amide bonds. The van der Waals surface area contributed by atoms with E-state index in [4.69, 9.17) is 11.2 Å². The maximum Gasteiger partial charge on any atom is 0.130 e. The summed E-state index contributed by atoms with van der Waals surface area (Å²) in [5, 5.41) is 22.2. The fourth-order valence-corrected chi connectivity index (χ4v) is 7.10. The van der Waals surface area contributed by atoms with E-state index in [1.807, 2.05) is 0 Å². The molecule has 0 unspecified atom stereocenters. The van der Waals surface area contributed by atoms with E-state index in [1.165, 1.54) is 24.0 Å². The second-order valence-electron chi connectivity index (χ2n) is 9.95. The fourth-order valence-electron chi connectivity index (χ4n) is 7.10. The van der Waals surface area contributed by atoms with Crippen LogP contribution in [-0.4, -0.2) is 28.0 Å². The third kappa shape index (κ3) is 2.57. The molecule has 3 heteroatoms. The number of aliphatic hydroxyl groups is 2. The van der Waals surface area contributed by atoms with Crippen molar-refractivity contribution in [1.82, 2.24) is 0 Å². The lowest BCUT2D eigenvalue weighted by atomic mass is 9.52. The number of fused-ring (bicyclic) bond motifs is 5. The molecule has 1 aromatic carbocycles. The van der Waals surface area contributed by atoms with Crippen LogP contribution in [0.5, 0.6) is 5.75 Å². The minimum Gasteiger partial charge on any atom is -0.490 e. The molecule has 3 saturated carbocycles. The quantitative estimate of drug-likeness (QED) is 0.756. The zero-order valence-electron chi connectivity index (χ0n) is 16.9. The van der Waals surface area contributed by atoms with Crippen molar-refractivity contribution in [3.8, 4) is 18.1 Å². The second kappa shape index (κ2) is 6.51. The number of terminal acetylenes is 1. The lowest BCUT2D eigenvalue weighted by molar-refractivity contribution is -0.0901. The molecular weight excluding hydrogens is 348 g/mol. The fraction of sp³-hybridized carbons (Fsp3) is 0.680. The molecular formula is C25H32O3. The van der Waals surface area contributed by atoms with Gasteiger partial charge in [0.2, 0.25) is 0 Å². The van der Waals surface area contributed by atoms with Gasteiger partial charge < -0.3 is 14.9 Å². The highest BCUT2D eigenvalue weighted by molar-refractivity contribution is 5.42. The summed E-state index contributed by atoms with van der Waals surface area (Å²) < 4.78 is 6.20. The van der Waals surface area contributed by atoms with Crippen LogP contribution in [0.15, 0.2) is 18.2 Å². The summed E-state index contributed by atoms with van der Waals surface area (Å²) in [5.41, 5.74) is 1.32. The van der Waals surface area contributed by atoms with Crippen LogP contribution < -0.4 is 4.74 Å². The van der Waals surface area contributed by atoms with Gasteiger partial charge in [-0.3, -0.25) is 0 Å². The van der Waals surface area contributed by atoms with E-state index >= 15 is 0 Å². The Balaban J connectivity index is 1.44. The summed E-state index contributed by atoms with van der Waals surface area (Å²) >= 11 is 0. The van der Waals surface area contributed by atoms with Crippen LogP contribution in [0.4, 0.5) is 0 Å². The van der Waals surface area contributed by atoms with E-state index in [0.29, 0.717) is 24.9 Å². The standard InChI is InChI=1S/C25H32O3/c1-3-25(27)13-11-21-23-20(10-12-24(21,25)2)19-9-8-18(14-16(19)15-22(23)26)28-17-6-4-5-7-17/h1,8-9,14,17,20-23,26-27H,4-7,10-13,15H2,2H3/t20-,21+,22-,23-,24+,25+/m1/s1. The van der Waals surface area contributed by atoms with E-state index < -0.39 is 5.60 Å². The maximum absolute atomic E-state index is 11.2. The van der Waals surface area contributed by atoms with E-state index in [-0.39, 0.29) is 23.4 Å².